The van der Waals surface area contributed by atoms with Crippen molar-refractivity contribution in [1.29, 1.82) is 0 Å². The molecule has 0 aliphatic carbocycles. The van der Waals surface area contributed by atoms with Crippen LogP contribution in [0.1, 0.15) is 18.5 Å². The molecule has 4 N–H and O–H groups in total. The third kappa shape index (κ3) is 2.89. The molecule has 22 heavy (non-hydrogen) atoms. The summed E-state index contributed by atoms with van der Waals surface area (Å²) in [6, 6.07) is 13.1. The van der Waals surface area contributed by atoms with Gasteiger partial charge in [0.05, 0.1) is 10.9 Å². The topological polar surface area (TPSA) is 83.8 Å². The van der Waals surface area contributed by atoms with Crippen molar-refractivity contribution in [2.24, 2.45) is 0 Å². The van der Waals surface area contributed by atoms with Crippen LogP contribution in [-0.2, 0) is 0 Å². The highest BCUT2D eigenvalue weighted by atomic mass is 35.5. The second-order valence-electron chi connectivity index (χ2n) is 5.10. The molecule has 1 atom stereocenters. The van der Waals surface area contributed by atoms with Crippen molar-refractivity contribution in [1.82, 2.24) is 9.97 Å². The molecular weight excluding hydrogens is 300 g/mol. The van der Waals surface area contributed by atoms with Crippen molar-refractivity contribution in [3.05, 3.63) is 63.4 Å². The first-order valence-electron chi connectivity index (χ1n) is 6.84. The number of hydrogen-bond acceptors (Lipinski definition) is 4. The van der Waals surface area contributed by atoms with Crippen LogP contribution < -0.4 is 16.6 Å². The standard InChI is InChI=1S/C16H15ClN4O/c1-9(10-3-2-4-11(17)7-10)19-12-5-6-14-13(8-12)15(22)21-16(18)20-14/h2-9,19H,1H3,(H3,18,20,21,22). The summed E-state index contributed by atoms with van der Waals surface area (Å²) in [5, 5.41) is 4.54. The average Bonchev–Trinajstić information content (AvgIpc) is 2.48. The highest BCUT2D eigenvalue weighted by Crippen LogP contribution is 2.23. The van der Waals surface area contributed by atoms with Crippen LogP contribution in [-0.4, -0.2) is 9.97 Å². The van der Waals surface area contributed by atoms with E-state index in [-0.39, 0.29) is 17.5 Å². The van der Waals surface area contributed by atoms with Gasteiger partial charge < -0.3 is 11.1 Å². The fraction of sp³-hybridized carbons (Fsp3) is 0.125. The van der Waals surface area contributed by atoms with Gasteiger partial charge in [-0.25, -0.2) is 4.98 Å². The summed E-state index contributed by atoms with van der Waals surface area (Å²) in [6.07, 6.45) is 0. The first-order valence-corrected chi connectivity index (χ1v) is 7.22. The molecule has 112 valence electrons. The Morgan fingerprint density at radius 1 is 1.27 bits per heavy atom. The summed E-state index contributed by atoms with van der Waals surface area (Å²) in [4.78, 5) is 18.5. The highest BCUT2D eigenvalue weighted by molar-refractivity contribution is 6.30. The predicted octanol–water partition coefficient (Wildman–Crippen LogP) is 3.33. The second kappa shape index (κ2) is 5.69. The van der Waals surface area contributed by atoms with Crippen LogP contribution in [0.15, 0.2) is 47.3 Å². The van der Waals surface area contributed by atoms with Gasteiger partial charge >= 0.3 is 0 Å². The number of fused-ring (bicyclic) bond motifs is 1. The Balaban J connectivity index is 1.92. The Bertz CT molecular complexity index is 891. The maximum atomic E-state index is 11.9. The fourth-order valence-corrected chi connectivity index (χ4v) is 2.55. The zero-order valence-corrected chi connectivity index (χ0v) is 12.7. The van der Waals surface area contributed by atoms with E-state index in [1.807, 2.05) is 37.3 Å². The minimum atomic E-state index is -0.249. The molecule has 0 saturated heterocycles. The molecule has 0 amide bonds. The zero-order chi connectivity index (χ0) is 15.7. The van der Waals surface area contributed by atoms with Crippen LogP contribution in [0, 0.1) is 0 Å². The molecule has 3 rings (SSSR count). The third-order valence-corrected chi connectivity index (χ3v) is 3.69. The zero-order valence-electron chi connectivity index (χ0n) is 11.9. The number of nitrogens with one attached hydrogen (secondary N) is 2. The lowest BCUT2D eigenvalue weighted by Gasteiger charge is -2.16. The maximum absolute atomic E-state index is 11.9. The van der Waals surface area contributed by atoms with Crippen molar-refractivity contribution in [2.45, 2.75) is 13.0 Å². The number of nitrogens with two attached hydrogens (primary N) is 1. The van der Waals surface area contributed by atoms with Gasteiger partial charge in [-0.15, -0.1) is 0 Å². The van der Waals surface area contributed by atoms with Gasteiger partial charge in [0.15, 0.2) is 0 Å². The van der Waals surface area contributed by atoms with E-state index in [9.17, 15) is 4.79 Å². The molecule has 0 spiro atoms. The molecule has 1 unspecified atom stereocenters. The van der Waals surface area contributed by atoms with Crippen LogP contribution in [0.2, 0.25) is 5.02 Å². The number of benzene rings is 2. The van der Waals surface area contributed by atoms with E-state index >= 15 is 0 Å². The van der Waals surface area contributed by atoms with Gasteiger partial charge in [-0.3, -0.25) is 9.78 Å². The molecular formula is C16H15ClN4O. The Morgan fingerprint density at radius 3 is 2.86 bits per heavy atom. The van der Waals surface area contributed by atoms with Crippen LogP contribution >= 0.6 is 11.6 Å². The van der Waals surface area contributed by atoms with E-state index in [4.69, 9.17) is 17.3 Å². The van der Waals surface area contributed by atoms with Gasteiger partial charge in [-0.05, 0) is 42.8 Å². The second-order valence-corrected chi connectivity index (χ2v) is 5.54. The third-order valence-electron chi connectivity index (χ3n) is 3.46. The van der Waals surface area contributed by atoms with Gasteiger partial charge in [0.2, 0.25) is 5.95 Å². The van der Waals surface area contributed by atoms with Crippen LogP contribution in [0.4, 0.5) is 11.6 Å². The molecule has 6 heteroatoms. The molecule has 2 aromatic carbocycles. The van der Waals surface area contributed by atoms with Gasteiger partial charge in [-0.2, -0.15) is 0 Å². The minimum absolute atomic E-state index is 0.0528. The number of hydrogen-bond donors (Lipinski definition) is 3. The largest absolute Gasteiger partial charge is 0.378 e. The van der Waals surface area contributed by atoms with Crippen molar-refractivity contribution < 1.29 is 0 Å². The first kappa shape index (κ1) is 14.4. The highest BCUT2D eigenvalue weighted by Gasteiger charge is 2.08. The van der Waals surface area contributed by atoms with E-state index in [1.165, 1.54) is 0 Å². The molecule has 0 fully saturated rings. The Morgan fingerprint density at radius 2 is 2.09 bits per heavy atom. The van der Waals surface area contributed by atoms with Crippen LogP contribution in [0.3, 0.4) is 0 Å². The monoisotopic (exact) mass is 314 g/mol. The predicted molar refractivity (Wildman–Crippen MR) is 90.3 cm³/mol. The van der Waals surface area contributed by atoms with Crippen LogP contribution in [0.5, 0.6) is 0 Å². The number of halogens is 1. The van der Waals surface area contributed by atoms with E-state index in [0.717, 1.165) is 11.3 Å². The summed E-state index contributed by atoms with van der Waals surface area (Å²) in [7, 11) is 0. The van der Waals surface area contributed by atoms with Gasteiger partial charge in [0.1, 0.15) is 0 Å². The number of aromatic nitrogens is 2. The molecule has 1 heterocycles. The molecule has 0 radical (unpaired) electrons. The summed E-state index contributed by atoms with van der Waals surface area (Å²) in [6.45, 7) is 2.03. The number of H-pyrrole nitrogens is 1. The van der Waals surface area contributed by atoms with Crippen molar-refractivity contribution >= 4 is 34.1 Å². The molecule has 1 aromatic heterocycles. The first-order chi connectivity index (χ1) is 10.5. The summed E-state index contributed by atoms with van der Waals surface area (Å²) in [5.41, 5.74) is 7.76. The van der Waals surface area contributed by atoms with Crippen LogP contribution in [0.25, 0.3) is 10.9 Å². The Kier molecular flexibility index (Phi) is 3.73. The molecule has 0 aliphatic rings. The van der Waals surface area contributed by atoms with E-state index in [0.29, 0.717) is 15.9 Å². The Labute approximate surface area is 132 Å². The van der Waals surface area contributed by atoms with Crippen molar-refractivity contribution in [3.63, 3.8) is 0 Å². The number of aromatic amines is 1. The minimum Gasteiger partial charge on any atom is -0.378 e. The van der Waals surface area contributed by atoms with Gasteiger partial charge in [0, 0.05) is 16.8 Å². The summed E-state index contributed by atoms with van der Waals surface area (Å²) in [5.74, 6) is 0.116. The van der Waals surface area contributed by atoms with Gasteiger partial charge in [0.25, 0.3) is 5.56 Å². The fourth-order valence-electron chi connectivity index (χ4n) is 2.36. The Hall–Kier alpha value is -2.53. The summed E-state index contributed by atoms with van der Waals surface area (Å²) < 4.78 is 0. The molecule has 5 nitrogen and oxygen atoms in total. The molecule has 3 aromatic rings. The lowest BCUT2D eigenvalue weighted by atomic mass is 10.1. The quantitative estimate of drug-likeness (QED) is 0.692. The van der Waals surface area contributed by atoms with Gasteiger partial charge in [-0.1, -0.05) is 23.7 Å². The van der Waals surface area contributed by atoms with Crippen molar-refractivity contribution in [3.8, 4) is 0 Å². The normalized spacial score (nSPS) is 12.3. The number of nitrogen functional groups attached to an aromatic ring is 1. The smallest absolute Gasteiger partial charge is 0.260 e. The van der Waals surface area contributed by atoms with E-state index in [2.05, 4.69) is 15.3 Å². The molecule has 0 bridgehead atoms. The van der Waals surface area contributed by atoms with Crippen molar-refractivity contribution in [2.75, 3.05) is 11.1 Å². The number of anilines is 2. The molecule has 0 aliphatic heterocycles. The van der Waals surface area contributed by atoms with E-state index in [1.54, 1.807) is 12.1 Å². The number of rotatable bonds is 3. The SMILES string of the molecule is CC(Nc1ccc2nc(N)[nH]c(=O)c2c1)c1cccc(Cl)c1. The van der Waals surface area contributed by atoms with E-state index < -0.39 is 0 Å². The lowest BCUT2D eigenvalue weighted by Crippen LogP contribution is -2.12. The number of nitrogens with zero attached hydrogens (tertiary/aromatic N) is 1. The summed E-state index contributed by atoms with van der Waals surface area (Å²) >= 11 is 6.01. The lowest BCUT2D eigenvalue weighted by molar-refractivity contribution is 0.885. The molecule has 0 saturated carbocycles. The maximum Gasteiger partial charge on any atom is 0.260 e. The average molecular weight is 315 g/mol.